The van der Waals surface area contributed by atoms with Gasteiger partial charge in [0, 0.05) is 19.1 Å². The Morgan fingerprint density at radius 2 is 2.05 bits per heavy atom. The molecule has 0 aromatic rings. The largest absolute Gasteiger partial charge is 0.481 e. The molecule has 0 spiro atoms. The van der Waals surface area contributed by atoms with Crippen molar-refractivity contribution in [2.75, 3.05) is 13.1 Å². The first kappa shape index (κ1) is 14.3. The van der Waals surface area contributed by atoms with Gasteiger partial charge in [0.05, 0.1) is 12.5 Å². The first-order chi connectivity index (χ1) is 8.89. The van der Waals surface area contributed by atoms with Gasteiger partial charge in [0.1, 0.15) is 0 Å². The molecule has 1 aliphatic heterocycles. The Hall–Kier alpha value is -1.10. The highest BCUT2D eigenvalue weighted by molar-refractivity contribution is 5.86. The highest BCUT2D eigenvalue weighted by Gasteiger charge is 2.39. The average molecular weight is 268 g/mol. The molecule has 2 fully saturated rings. The first-order valence-electron chi connectivity index (χ1n) is 7.15. The van der Waals surface area contributed by atoms with E-state index >= 15 is 0 Å². The van der Waals surface area contributed by atoms with Crippen molar-refractivity contribution in [1.29, 1.82) is 0 Å². The number of amides is 1. The van der Waals surface area contributed by atoms with Gasteiger partial charge in [-0.05, 0) is 18.3 Å². The first-order valence-corrected chi connectivity index (χ1v) is 7.15. The van der Waals surface area contributed by atoms with E-state index in [4.69, 9.17) is 5.11 Å². The summed E-state index contributed by atoms with van der Waals surface area (Å²) in [4.78, 5) is 25.4. The number of rotatable bonds is 3. The van der Waals surface area contributed by atoms with Crippen LogP contribution in [0.25, 0.3) is 0 Å². The SMILES string of the molecule is CC1(C)CNC(CC(=O)O)C(=O)N(C2CCCC2)C1. The fourth-order valence-corrected chi connectivity index (χ4v) is 3.14. The second kappa shape index (κ2) is 5.49. The molecule has 1 saturated heterocycles. The van der Waals surface area contributed by atoms with Crippen LogP contribution in [0.3, 0.4) is 0 Å². The van der Waals surface area contributed by atoms with Gasteiger partial charge in [-0.1, -0.05) is 26.7 Å². The van der Waals surface area contributed by atoms with Crippen LogP contribution in [0.15, 0.2) is 0 Å². The number of nitrogens with zero attached hydrogens (tertiary/aromatic N) is 1. The lowest BCUT2D eigenvalue weighted by Gasteiger charge is -2.34. The summed E-state index contributed by atoms with van der Waals surface area (Å²) in [7, 11) is 0. The maximum atomic E-state index is 12.6. The van der Waals surface area contributed by atoms with Gasteiger partial charge in [-0.15, -0.1) is 0 Å². The number of aliphatic carboxylic acids is 1. The Labute approximate surface area is 114 Å². The second-order valence-corrected chi connectivity index (χ2v) is 6.60. The topological polar surface area (TPSA) is 69.6 Å². The van der Waals surface area contributed by atoms with Crippen LogP contribution in [0.5, 0.6) is 0 Å². The Bertz CT molecular complexity index is 362. The molecule has 5 nitrogen and oxygen atoms in total. The third-order valence-electron chi connectivity index (χ3n) is 4.15. The molecule has 2 rings (SSSR count). The van der Waals surface area contributed by atoms with E-state index in [-0.39, 0.29) is 17.7 Å². The summed E-state index contributed by atoms with van der Waals surface area (Å²) < 4.78 is 0. The van der Waals surface area contributed by atoms with Gasteiger partial charge in [0.25, 0.3) is 0 Å². The van der Waals surface area contributed by atoms with Gasteiger partial charge in [-0.2, -0.15) is 0 Å². The number of carbonyl (C=O) groups is 2. The second-order valence-electron chi connectivity index (χ2n) is 6.60. The van der Waals surface area contributed by atoms with E-state index in [9.17, 15) is 9.59 Å². The van der Waals surface area contributed by atoms with Crippen LogP contribution < -0.4 is 5.32 Å². The zero-order chi connectivity index (χ0) is 14.0. The van der Waals surface area contributed by atoms with E-state index in [2.05, 4.69) is 19.2 Å². The van der Waals surface area contributed by atoms with E-state index in [0.29, 0.717) is 12.6 Å². The van der Waals surface area contributed by atoms with Gasteiger partial charge in [0.2, 0.25) is 5.91 Å². The van der Waals surface area contributed by atoms with Crippen molar-refractivity contribution in [2.45, 2.75) is 58.0 Å². The summed E-state index contributed by atoms with van der Waals surface area (Å²) in [5.74, 6) is -0.947. The van der Waals surface area contributed by atoms with Crippen LogP contribution in [-0.2, 0) is 9.59 Å². The summed E-state index contributed by atoms with van der Waals surface area (Å²) in [6, 6.07) is -0.261. The monoisotopic (exact) mass is 268 g/mol. The number of hydrogen-bond donors (Lipinski definition) is 2. The van der Waals surface area contributed by atoms with E-state index < -0.39 is 12.0 Å². The molecule has 108 valence electrons. The van der Waals surface area contributed by atoms with Gasteiger partial charge in [-0.25, -0.2) is 0 Å². The van der Waals surface area contributed by atoms with Crippen molar-refractivity contribution in [1.82, 2.24) is 10.2 Å². The summed E-state index contributed by atoms with van der Waals surface area (Å²) in [6.45, 7) is 5.65. The molecule has 19 heavy (non-hydrogen) atoms. The minimum Gasteiger partial charge on any atom is -0.481 e. The molecular weight excluding hydrogens is 244 g/mol. The highest BCUT2D eigenvalue weighted by atomic mass is 16.4. The third kappa shape index (κ3) is 3.47. The lowest BCUT2D eigenvalue weighted by molar-refractivity contribution is -0.143. The van der Waals surface area contributed by atoms with E-state index in [1.165, 1.54) is 12.8 Å². The van der Waals surface area contributed by atoms with Crippen molar-refractivity contribution in [3.05, 3.63) is 0 Å². The molecule has 1 atom stereocenters. The third-order valence-corrected chi connectivity index (χ3v) is 4.15. The molecule has 2 N–H and O–H groups in total. The summed E-state index contributed by atoms with van der Waals surface area (Å²) in [6.07, 6.45) is 4.33. The van der Waals surface area contributed by atoms with Crippen molar-refractivity contribution in [3.63, 3.8) is 0 Å². The highest BCUT2D eigenvalue weighted by Crippen LogP contribution is 2.29. The quantitative estimate of drug-likeness (QED) is 0.807. The Kier molecular flexibility index (Phi) is 4.13. The maximum Gasteiger partial charge on any atom is 0.305 e. The average Bonchev–Trinajstić information content (AvgIpc) is 2.80. The zero-order valence-corrected chi connectivity index (χ0v) is 11.8. The number of carbonyl (C=O) groups excluding carboxylic acids is 1. The lowest BCUT2D eigenvalue weighted by atomic mass is 9.92. The number of carboxylic acid groups (broad SMARTS) is 1. The van der Waals surface area contributed by atoms with Crippen LogP contribution in [-0.4, -0.2) is 47.1 Å². The molecular formula is C14H24N2O3. The van der Waals surface area contributed by atoms with Gasteiger partial charge in [0.15, 0.2) is 0 Å². The molecule has 1 saturated carbocycles. The van der Waals surface area contributed by atoms with Gasteiger partial charge < -0.3 is 15.3 Å². The Balaban J connectivity index is 2.16. The van der Waals surface area contributed by atoms with Crippen LogP contribution in [0, 0.1) is 5.41 Å². The van der Waals surface area contributed by atoms with Crippen molar-refractivity contribution in [2.24, 2.45) is 5.41 Å². The van der Waals surface area contributed by atoms with E-state index in [1.54, 1.807) is 0 Å². The van der Waals surface area contributed by atoms with Crippen LogP contribution in [0.4, 0.5) is 0 Å². The predicted molar refractivity (Wildman–Crippen MR) is 71.8 cm³/mol. The molecule has 1 amide bonds. The standard InChI is InChI=1S/C14H24N2O3/c1-14(2)8-15-11(7-12(17)18)13(19)16(9-14)10-5-3-4-6-10/h10-11,15H,3-9H2,1-2H3,(H,17,18). The zero-order valence-electron chi connectivity index (χ0n) is 11.8. The summed E-state index contributed by atoms with van der Waals surface area (Å²) in [5, 5.41) is 12.1. The predicted octanol–water partition coefficient (Wildman–Crippen LogP) is 1.23. The van der Waals surface area contributed by atoms with Crippen LogP contribution in [0.2, 0.25) is 0 Å². The minimum atomic E-state index is -0.920. The normalized spacial score (nSPS) is 28.4. The molecule has 1 heterocycles. The molecule has 1 unspecified atom stereocenters. The summed E-state index contributed by atoms with van der Waals surface area (Å²) >= 11 is 0. The molecule has 0 aromatic carbocycles. The van der Waals surface area contributed by atoms with Crippen molar-refractivity contribution < 1.29 is 14.7 Å². The van der Waals surface area contributed by atoms with Gasteiger partial charge in [-0.3, -0.25) is 9.59 Å². The Morgan fingerprint density at radius 1 is 1.42 bits per heavy atom. The minimum absolute atomic E-state index is 0.00843. The molecule has 0 bridgehead atoms. The van der Waals surface area contributed by atoms with Crippen molar-refractivity contribution >= 4 is 11.9 Å². The molecule has 2 aliphatic rings. The van der Waals surface area contributed by atoms with Crippen LogP contribution >= 0.6 is 0 Å². The molecule has 5 heteroatoms. The van der Waals surface area contributed by atoms with Crippen LogP contribution in [0.1, 0.15) is 46.0 Å². The lowest BCUT2D eigenvalue weighted by Crippen LogP contribution is -2.48. The fourth-order valence-electron chi connectivity index (χ4n) is 3.14. The Morgan fingerprint density at radius 3 is 2.63 bits per heavy atom. The molecule has 0 aromatic heterocycles. The molecule has 0 radical (unpaired) electrons. The number of hydrogen-bond acceptors (Lipinski definition) is 3. The van der Waals surface area contributed by atoms with Crippen molar-refractivity contribution in [3.8, 4) is 0 Å². The van der Waals surface area contributed by atoms with E-state index in [0.717, 1.165) is 19.4 Å². The van der Waals surface area contributed by atoms with E-state index in [1.807, 2.05) is 4.90 Å². The summed E-state index contributed by atoms with van der Waals surface area (Å²) in [5.41, 5.74) is -0.00843. The number of carboxylic acids is 1. The molecule has 1 aliphatic carbocycles. The number of nitrogens with one attached hydrogen (secondary N) is 1. The van der Waals surface area contributed by atoms with Gasteiger partial charge >= 0.3 is 5.97 Å². The fraction of sp³-hybridized carbons (Fsp3) is 0.857. The smallest absolute Gasteiger partial charge is 0.305 e. The maximum absolute atomic E-state index is 12.6.